The van der Waals surface area contributed by atoms with Crippen molar-refractivity contribution in [2.75, 3.05) is 23.7 Å². The Balaban J connectivity index is 2.04. The van der Waals surface area contributed by atoms with Crippen molar-refractivity contribution in [1.82, 2.24) is 10.2 Å². The number of amides is 2. The molecule has 3 rings (SSSR count). The molecule has 2 amide bonds. The topological polar surface area (TPSA) is 86.8 Å². The van der Waals surface area contributed by atoms with Crippen LogP contribution in [0.25, 0.3) is 0 Å². The maximum Gasteiger partial charge on any atom is 0.244 e. The highest BCUT2D eigenvalue weighted by molar-refractivity contribution is 7.92. The summed E-state index contributed by atoms with van der Waals surface area (Å²) in [6, 6.07) is 20.2. The number of hydrogen-bond donors (Lipinski definition) is 1. The summed E-state index contributed by atoms with van der Waals surface area (Å²) in [6.07, 6.45) is 1.15. The summed E-state index contributed by atoms with van der Waals surface area (Å²) in [5.74, 6) is -1.64. The molecule has 37 heavy (non-hydrogen) atoms. The SMILES string of the molecule is CCNC(=O)[C@H](Cc1ccccc1)N(Cc1cccc(Cl)c1)C(=O)CN(c1cccc(F)c1)S(C)(=O)=O. The Labute approximate surface area is 221 Å². The summed E-state index contributed by atoms with van der Waals surface area (Å²) in [6.45, 7) is 1.51. The van der Waals surface area contributed by atoms with E-state index in [9.17, 15) is 22.4 Å². The van der Waals surface area contributed by atoms with Crippen LogP contribution in [0, 0.1) is 5.82 Å². The number of hydrogen-bond acceptors (Lipinski definition) is 4. The highest BCUT2D eigenvalue weighted by atomic mass is 35.5. The molecule has 0 saturated heterocycles. The Morgan fingerprint density at radius 3 is 2.27 bits per heavy atom. The quantitative estimate of drug-likeness (QED) is 0.394. The van der Waals surface area contributed by atoms with Crippen LogP contribution >= 0.6 is 11.6 Å². The first-order valence-electron chi connectivity index (χ1n) is 11.7. The maximum absolute atomic E-state index is 13.9. The summed E-state index contributed by atoms with van der Waals surface area (Å²) in [4.78, 5) is 28.4. The monoisotopic (exact) mass is 545 g/mol. The van der Waals surface area contributed by atoms with Crippen molar-refractivity contribution < 1.29 is 22.4 Å². The number of benzene rings is 3. The number of nitrogens with one attached hydrogen (secondary N) is 1. The van der Waals surface area contributed by atoms with E-state index in [1.54, 1.807) is 31.2 Å². The number of anilines is 1. The van der Waals surface area contributed by atoms with Gasteiger partial charge in [-0.05, 0) is 48.4 Å². The van der Waals surface area contributed by atoms with E-state index in [-0.39, 0.29) is 24.6 Å². The molecule has 7 nitrogen and oxygen atoms in total. The molecule has 0 spiro atoms. The molecule has 0 unspecified atom stereocenters. The molecule has 3 aromatic carbocycles. The number of nitrogens with zero attached hydrogens (tertiary/aromatic N) is 2. The van der Waals surface area contributed by atoms with Gasteiger partial charge in [0.1, 0.15) is 18.4 Å². The first kappa shape index (κ1) is 28.1. The van der Waals surface area contributed by atoms with Gasteiger partial charge in [-0.1, -0.05) is 60.1 Å². The molecule has 0 aliphatic heterocycles. The minimum atomic E-state index is -3.96. The van der Waals surface area contributed by atoms with E-state index in [1.165, 1.54) is 23.1 Å². The fourth-order valence-corrected chi connectivity index (χ4v) is 4.98. The third kappa shape index (κ3) is 8.03. The van der Waals surface area contributed by atoms with Crippen LogP contribution in [0.5, 0.6) is 0 Å². The van der Waals surface area contributed by atoms with Gasteiger partial charge in [0.25, 0.3) is 0 Å². The van der Waals surface area contributed by atoms with Crippen molar-refractivity contribution in [2.24, 2.45) is 0 Å². The molecule has 0 radical (unpaired) electrons. The second-order valence-corrected chi connectivity index (χ2v) is 10.8. The minimum Gasteiger partial charge on any atom is -0.355 e. The molecule has 0 aliphatic carbocycles. The molecule has 0 aliphatic rings. The smallest absolute Gasteiger partial charge is 0.244 e. The molecule has 10 heteroatoms. The van der Waals surface area contributed by atoms with Gasteiger partial charge >= 0.3 is 0 Å². The molecule has 1 atom stereocenters. The van der Waals surface area contributed by atoms with Gasteiger partial charge in [-0.15, -0.1) is 0 Å². The number of carbonyl (C=O) groups is 2. The number of halogens is 2. The molecule has 196 valence electrons. The van der Waals surface area contributed by atoms with Gasteiger partial charge in [-0.25, -0.2) is 12.8 Å². The van der Waals surface area contributed by atoms with Gasteiger partial charge < -0.3 is 10.2 Å². The zero-order valence-corrected chi connectivity index (χ0v) is 22.2. The second kappa shape index (κ2) is 12.7. The van der Waals surface area contributed by atoms with Crippen LogP contribution in [0.15, 0.2) is 78.9 Å². The lowest BCUT2D eigenvalue weighted by atomic mass is 10.0. The molecule has 0 fully saturated rings. The average Bonchev–Trinajstić information content (AvgIpc) is 2.84. The molecule has 0 heterocycles. The first-order valence-corrected chi connectivity index (χ1v) is 13.9. The van der Waals surface area contributed by atoms with Gasteiger partial charge in [-0.2, -0.15) is 0 Å². The van der Waals surface area contributed by atoms with Crippen molar-refractivity contribution in [1.29, 1.82) is 0 Å². The van der Waals surface area contributed by atoms with E-state index >= 15 is 0 Å². The predicted molar refractivity (Wildman–Crippen MR) is 143 cm³/mol. The fourth-order valence-electron chi connectivity index (χ4n) is 3.92. The zero-order valence-electron chi connectivity index (χ0n) is 20.6. The van der Waals surface area contributed by atoms with E-state index in [0.717, 1.165) is 22.2 Å². The Bertz CT molecular complexity index is 1340. The molecule has 0 saturated carbocycles. The summed E-state index contributed by atoms with van der Waals surface area (Å²) < 4.78 is 40.0. The summed E-state index contributed by atoms with van der Waals surface area (Å²) in [7, 11) is -3.96. The number of rotatable bonds is 11. The van der Waals surface area contributed by atoms with Crippen LogP contribution < -0.4 is 9.62 Å². The van der Waals surface area contributed by atoms with Crippen LogP contribution in [-0.2, 0) is 32.6 Å². The molecule has 0 bridgehead atoms. The number of sulfonamides is 1. The van der Waals surface area contributed by atoms with E-state index in [2.05, 4.69) is 5.32 Å². The van der Waals surface area contributed by atoms with Crippen molar-refractivity contribution in [3.05, 3.63) is 101 Å². The lowest BCUT2D eigenvalue weighted by molar-refractivity contribution is -0.140. The standard InChI is InChI=1S/C27H29ClFN3O4S/c1-3-30-27(34)25(16-20-9-5-4-6-10-20)31(18-21-11-7-12-22(28)15-21)26(33)19-32(37(2,35)36)24-14-8-13-23(29)17-24/h4-15,17,25H,3,16,18-19H2,1-2H3,(H,30,34)/t25-/m0/s1. The van der Waals surface area contributed by atoms with Gasteiger partial charge in [0, 0.05) is 24.5 Å². The van der Waals surface area contributed by atoms with Crippen molar-refractivity contribution in [3.8, 4) is 0 Å². The highest BCUT2D eigenvalue weighted by Gasteiger charge is 2.33. The van der Waals surface area contributed by atoms with Crippen molar-refractivity contribution >= 4 is 39.1 Å². The minimum absolute atomic E-state index is 0.00871. The fraction of sp³-hybridized carbons (Fsp3) is 0.259. The lowest BCUT2D eigenvalue weighted by Gasteiger charge is -2.33. The number of carbonyl (C=O) groups excluding carboxylic acids is 2. The molecule has 3 aromatic rings. The van der Waals surface area contributed by atoms with Gasteiger partial charge in [0.05, 0.1) is 11.9 Å². The Morgan fingerprint density at radius 2 is 1.65 bits per heavy atom. The summed E-state index contributed by atoms with van der Waals surface area (Å²) >= 11 is 6.16. The third-order valence-corrected chi connectivity index (χ3v) is 7.02. The largest absolute Gasteiger partial charge is 0.355 e. The molecule has 1 N–H and O–H groups in total. The van der Waals surface area contributed by atoms with Crippen LogP contribution in [-0.4, -0.2) is 50.5 Å². The molecule has 0 aromatic heterocycles. The van der Waals surface area contributed by atoms with Crippen LogP contribution in [0.2, 0.25) is 5.02 Å². The van der Waals surface area contributed by atoms with Crippen LogP contribution in [0.1, 0.15) is 18.1 Å². The Morgan fingerprint density at radius 1 is 0.973 bits per heavy atom. The average molecular weight is 546 g/mol. The van der Waals surface area contributed by atoms with Gasteiger partial charge in [-0.3, -0.25) is 13.9 Å². The van der Waals surface area contributed by atoms with Crippen LogP contribution in [0.3, 0.4) is 0 Å². The van der Waals surface area contributed by atoms with E-state index in [4.69, 9.17) is 11.6 Å². The summed E-state index contributed by atoms with van der Waals surface area (Å²) in [5, 5.41) is 3.24. The zero-order chi connectivity index (χ0) is 27.0. The molecular weight excluding hydrogens is 517 g/mol. The first-order chi connectivity index (χ1) is 17.6. The lowest BCUT2D eigenvalue weighted by Crippen LogP contribution is -2.53. The molecular formula is C27H29ClFN3O4S. The second-order valence-electron chi connectivity index (χ2n) is 8.50. The Hall–Kier alpha value is -3.43. The highest BCUT2D eigenvalue weighted by Crippen LogP contribution is 2.22. The van der Waals surface area contributed by atoms with Crippen molar-refractivity contribution in [3.63, 3.8) is 0 Å². The third-order valence-electron chi connectivity index (χ3n) is 5.64. The maximum atomic E-state index is 13.9. The van der Waals surface area contributed by atoms with E-state index < -0.39 is 34.3 Å². The predicted octanol–water partition coefficient (Wildman–Crippen LogP) is 4.02. The summed E-state index contributed by atoms with van der Waals surface area (Å²) in [5.41, 5.74) is 1.50. The Kier molecular flexibility index (Phi) is 9.66. The normalized spacial score (nSPS) is 12.0. The van der Waals surface area contributed by atoms with Gasteiger partial charge in [0.2, 0.25) is 21.8 Å². The van der Waals surface area contributed by atoms with Gasteiger partial charge in [0.15, 0.2) is 0 Å². The van der Waals surface area contributed by atoms with E-state index in [1.807, 2.05) is 30.3 Å². The van der Waals surface area contributed by atoms with E-state index in [0.29, 0.717) is 17.1 Å². The van der Waals surface area contributed by atoms with Crippen LogP contribution in [0.4, 0.5) is 10.1 Å². The van der Waals surface area contributed by atoms with Crippen molar-refractivity contribution in [2.45, 2.75) is 25.9 Å². The number of likely N-dealkylation sites (N-methyl/N-ethyl adjacent to an activating group) is 1.